The van der Waals surface area contributed by atoms with Gasteiger partial charge in [0.1, 0.15) is 11.9 Å². The average molecular weight is 451 g/mol. The average Bonchev–Trinajstić information content (AvgIpc) is 3.11. The number of carbonyl (C=O) groups is 1. The van der Waals surface area contributed by atoms with Crippen LogP contribution in [0.3, 0.4) is 0 Å². The maximum atomic E-state index is 14.9. The number of aromatic nitrogens is 1. The van der Waals surface area contributed by atoms with Gasteiger partial charge in [-0.15, -0.1) is 21.9 Å². The number of rotatable bonds is 6. The van der Waals surface area contributed by atoms with Crippen molar-refractivity contribution in [1.82, 2.24) is 4.98 Å². The Balaban J connectivity index is 2.46. The monoisotopic (exact) mass is 450 g/mol. The van der Waals surface area contributed by atoms with Crippen molar-refractivity contribution >= 4 is 27.8 Å². The van der Waals surface area contributed by atoms with E-state index < -0.39 is 27.9 Å². The molecule has 9 heteroatoms. The van der Waals surface area contributed by atoms with Crippen molar-refractivity contribution < 1.29 is 18.5 Å². The first-order valence-corrected chi connectivity index (χ1v) is 11.4. The minimum absolute atomic E-state index is 0.0446. The minimum atomic E-state index is -2.02. The molecule has 0 aliphatic heterocycles. The molecule has 2 aromatic rings. The van der Waals surface area contributed by atoms with Crippen molar-refractivity contribution in [2.24, 2.45) is 4.36 Å². The maximum absolute atomic E-state index is 14.9. The molecule has 1 heterocycles. The lowest BCUT2D eigenvalue weighted by molar-refractivity contribution is -0.117. The molecule has 0 unspecified atom stereocenters. The summed E-state index contributed by atoms with van der Waals surface area (Å²) in [6, 6.07) is 3.35. The fourth-order valence-electron chi connectivity index (χ4n) is 3.07. The third-order valence-electron chi connectivity index (χ3n) is 4.52. The Labute approximate surface area is 182 Å². The van der Waals surface area contributed by atoms with Crippen LogP contribution >= 0.6 is 11.3 Å². The molecular formula is C21H25FN3O3S2-. The van der Waals surface area contributed by atoms with Crippen molar-refractivity contribution in [3.8, 4) is 6.07 Å². The van der Waals surface area contributed by atoms with Crippen LogP contribution in [-0.2, 0) is 31.6 Å². The zero-order valence-electron chi connectivity index (χ0n) is 17.8. The molecule has 1 N–H and O–H groups in total. The summed E-state index contributed by atoms with van der Waals surface area (Å²) in [5.41, 5.74) is 0.303. The van der Waals surface area contributed by atoms with Gasteiger partial charge < -0.3 is 13.7 Å². The zero-order valence-corrected chi connectivity index (χ0v) is 19.4. The van der Waals surface area contributed by atoms with Crippen LogP contribution in [0.25, 0.3) is 0 Å². The van der Waals surface area contributed by atoms with Crippen molar-refractivity contribution in [2.45, 2.75) is 69.7 Å². The van der Waals surface area contributed by atoms with E-state index in [0.717, 1.165) is 11.3 Å². The van der Waals surface area contributed by atoms with E-state index in [0.29, 0.717) is 21.6 Å². The smallest absolute Gasteiger partial charge is 0.227 e. The molecule has 0 aliphatic carbocycles. The molecule has 0 bridgehead atoms. The number of thiazole rings is 1. The van der Waals surface area contributed by atoms with E-state index in [-0.39, 0.29) is 28.2 Å². The van der Waals surface area contributed by atoms with Crippen LogP contribution in [0, 0.1) is 17.1 Å². The molecular weight excluding hydrogens is 425 g/mol. The van der Waals surface area contributed by atoms with Gasteiger partial charge in [0.2, 0.25) is 5.91 Å². The van der Waals surface area contributed by atoms with E-state index >= 15 is 0 Å². The molecule has 0 saturated heterocycles. The third-order valence-corrected chi connectivity index (χ3v) is 7.07. The summed E-state index contributed by atoms with van der Waals surface area (Å²) < 4.78 is 31.2. The number of amides is 1. The molecule has 162 valence electrons. The zero-order chi connectivity index (χ0) is 22.8. The molecule has 1 aromatic heterocycles. The molecule has 0 fully saturated rings. The molecule has 0 aliphatic rings. The van der Waals surface area contributed by atoms with Gasteiger partial charge in [-0.3, -0.25) is 9.78 Å². The molecule has 6 nitrogen and oxygen atoms in total. The van der Waals surface area contributed by atoms with Crippen LogP contribution in [0.15, 0.2) is 21.0 Å². The number of hydrogen-bond acceptors (Lipinski definition) is 7. The topological polar surface area (TPSA) is 103 Å². The molecule has 0 atom stereocenters. The Morgan fingerprint density at radius 1 is 1.37 bits per heavy atom. The number of hydrogen-bond donors (Lipinski definition) is 1. The number of nitriles is 1. The van der Waals surface area contributed by atoms with Crippen LogP contribution in [0.2, 0.25) is 0 Å². The second-order valence-electron chi connectivity index (χ2n) is 8.10. The van der Waals surface area contributed by atoms with E-state index in [4.69, 9.17) is 0 Å². The fraction of sp³-hybridized carbons (Fsp3) is 0.476. The summed E-state index contributed by atoms with van der Waals surface area (Å²) in [6.07, 6.45) is 1.18. The highest BCUT2D eigenvalue weighted by Gasteiger charge is 2.23. The number of halogens is 1. The van der Waals surface area contributed by atoms with Gasteiger partial charge in [-0.05, 0) is 48.4 Å². The van der Waals surface area contributed by atoms with Gasteiger partial charge >= 0.3 is 0 Å². The quantitative estimate of drug-likeness (QED) is 0.630. The van der Waals surface area contributed by atoms with Crippen molar-refractivity contribution in [1.29, 1.82) is 5.26 Å². The lowest BCUT2D eigenvalue weighted by Gasteiger charge is -2.21. The second-order valence-corrected chi connectivity index (χ2v) is 10.5. The van der Waals surface area contributed by atoms with Crippen molar-refractivity contribution in [3.63, 3.8) is 0 Å². The summed E-state index contributed by atoms with van der Waals surface area (Å²) >= 11 is 1.02. The molecule has 1 amide bonds. The van der Waals surface area contributed by atoms with E-state index in [2.05, 4.69) is 9.35 Å². The van der Waals surface area contributed by atoms with Crippen LogP contribution in [0.4, 0.5) is 4.39 Å². The fourth-order valence-corrected chi connectivity index (χ4v) is 4.86. The standard InChI is InChI=1S/C21H25FN3O3S2/c1-11(2)14-7-13(9-23)19(22)18(12(3)4)15(14)8-17(26)25-30(28)20-24-10-16(29-20)21(5,6)27/h7,10-12,27H,8H2,1-6H3/q-1. The molecule has 2 rings (SSSR count). The molecule has 30 heavy (non-hydrogen) atoms. The summed E-state index contributed by atoms with van der Waals surface area (Å²) in [5.74, 6) is -1.59. The highest BCUT2D eigenvalue weighted by molar-refractivity contribution is 7.77. The number of benzene rings is 1. The molecule has 0 spiro atoms. The lowest BCUT2D eigenvalue weighted by Crippen LogP contribution is -2.12. The van der Waals surface area contributed by atoms with E-state index in [1.165, 1.54) is 12.3 Å². The number of nitrogens with zero attached hydrogens (tertiary/aromatic N) is 3. The Hall–Kier alpha value is -2.15. The largest absolute Gasteiger partial charge is 0.437 e. The van der Waals surface area contributed by atoms with Gasteiger partial charge in [-0.1, -0.05) is 27.7 Å². The minimum Gasteiger partial charge on any atom is -0.437 e. The highest BCUT2D eigenvalue weighted by atomic mass is 32.2. The van der Waals surface area contributed by atoms with Crippen molar-refractivity contribution in [3.05, 3.63) is 45.2 Å². The highest BCUT2D eigenvalue weighted by Crippen LogP contribution is 2.33. The van der Waals surface area contributed by atoms with Crippen LogP contribution in [0.5, 0.6) is 0 Å². The summed E-state index contributed by atoms with van der Waals surface area (Å²) in [4.78, 5) is 17.1. The predicted octanol–water partition coefficient (Wildman–Crippen LogP) is 4.90. The van der Waals surface area contributed by atoms with Crippen LogP contribution < -0.4 is 0 Å². The first-order chi connectivity index (χ1) is 13.9. The molecule has 0 radical (unpaired) electrons. The van der Waals surface area contributed by atoms with Gasteiger partial charge in [0, 0.05) is 10.5 Å². The van der Waals surface area contributed by atoms with Gasteiger partial charge in [-0.2, -0.15) is 5.26 Å². The number of carbonyl (C=O) groups excluding carboxylic acids is 1. The molecule has 0 saturated carbocycles. The lowest BCUT2D eigenvalue weighted by atomic mass is 9.85. The Kier molecular flexibility index (Phi) is 7.50. The first-order valence-electron chi connectivity index (χ1n) is 9.47. The third kappa shape index (κ3) is 5.31. The van der Waals surface area contributed by atoms with E-state index in [1.54, 1.807) is 27.7 Å². The van der Waals surface area contributed by atoms with Crippen LogP contribution in [-0.4, -0.2) is 16.0 Å². The van der Waals surface area contributed by atoms with Gasteiger partial charge in [0.15, 0.2) is 0 Å². The Bertz CT molecular complexity index is 1090. The summed E-state index contributed by atoms with van der Waals surface area (Å²) in [6.45, 7) is 10.5. The normalized spacial score (nSPS) is 13.1. The molecule has 1 aromatic carbocycles. The Morgan fingerprint density at radius 2 is 2.00 bits per heavy atom. The number of aliphatic hydroxyl groups is 1. The van der Waals surface area contributed by atoms with Gasteiger partial charge in [0.25, 0.3) is 0 Å². The predicted molar refractivity (Wildman–Crippen MR) is 114 cm³/mol. The summed E-state index contributed by atoms with van der Waals surface area (Å²) in [7, 11) is -2.02. The first kappa shape index (κ1) is 24.1. The second kappa shape index (κ2) is 9.33. The van der Waals surface area contributed by atoms with Crippen molar-refractivity contribution in [2.75, 3.05) is 0 Å². The SMILES string of the molecule is CC(C)c1cc(C#N)c(F)c(C(C)C)c1CC(=O)N=[S-](=O)c1ncc(C(C)(C)O)s1. The summed E-state index contributed by atoms with van der Waals surface area (Å²) in [5, 5.41) is 19.3. The maximum Gasteiger partial charge on any atom is 0.227 e. The van der Waals surface area contributed by atoms with E-state index in [1.807, 2.05) is 19.9 Å². The van der Waals surface area contributed by atoms with Gasteiger partial charge in [0.05, 0.1) is 22.5 Å². The van der Waals surface area contributed by atoms with Gasteiger partial charge in [-0.25, -0.2) is 4.39 Å². The van der Waals surface area contributed by atoms with E-state index in [9.17, 15) is 23.8 Å². The van der Waals surface area contributed by atoms with Crippen LogP contribution in [0.1, 0.15) is 80.5 Å². The Morgan fingerprint density at radius 3 is 2.47 bits per heavy atom.